The van der Waals surface area contributed by atoms with E-state index in [1.807, 2.05) is 50.2 Å². The molecule has 1 saturated carbocycles. The molecule has 0 radical (unpaired) electrons. The predicted octanol–water partition coefficient (Wildman–Crippen LogP) is 5.48. The van der Waals surface area contributed by atoms with Crippen LogP contribution in [0.1, 0.15) is 68.6 Å². The molecule has 9 heteroatoms. The second-order valence-corrected chi connectivity index (χ2v) is 13.2. The van der Waals surface area contributed by atoms with Gasteiger partial charge < -0.3 is 10.2 Å². The molecule has 1 N–H and O–H groups in total. The fourth-order valence-electron chi connectivity index (χ4n) is 4.82. The highest BCUT2D eigenvalue weighted by Crippen LogP contribution is 2.23. The molecule has 38 heavy (non-hydrogen) atoms. The van der Waals surface area contributed by atoms with E-state index < -0.39 is 16.1 Å². The summed E-state index contributed by atoms with van der Waals surface area (Å²) in [5.41, 5.74) is 3.61. The quantitative estimate of drug-likeness (QED) is 0.367. The Labute approximate surface area is 236 Å². The first-order chi connectivity index (χ1) is 18.0. The Morgan fingerprint density at radius 2 is 1.68 bits per heavy atom. The van der Waals surface area contributed by atoms with Gasteiger partial charge in [0.1, 0.15) is 6.04 Å². The molecule has 0 spiro atoms. The van der Waals surface area contributed by atoms with Crippen LogP contribution < -0.4 is 9.62 Å². The number of carbonyl (C=O) groups is 2. The van der Waals surface area contributed by atoms with Gasteiger partial charge in [-0.05, 0) is 81.0 Å². The van der Waals surface area contributed by atoms with Crippen molar-refractivity contribution in [1.29, 1.82) is 0 Å². The minimum Gasteiger partial charge on any atom is -0.352 e. The fourth-order valence-corrected chi connectivity index (χ4v) is 6.04. The summed E-state index contributed by atoms with van der Waals surface area (Å²) in [6, 6.07) is 12.8. The SMILES string of the molecule is Cc1ccc(N(CCCC(=O)N(Cc2ccc(Br)cc2)[C@@H](C)C(=O)NC2CCCCC2)S(C)(=O)=O)cc1C. The Morgan fingerprint density at radius 1 is 1.03 bits per heavy atom. The first-order valence-electron chi connectivity index (χ1n) is 13.3. The molecule has 2 amide bonds. The summed E-state index contributed by atoms with van der Waals surface area (Å²) in [4.78, 5) is 28.3. The summed E-state index contributed by atoms with van der Waals surface area (Å²) in [6.45, 7) is 6.18. The number of benzene rings is 2. The molecule has 0 aliphatic heterocycles. The third-order valence-electron chi connectivity index (χ3n) is 7.32. The third kappa shape index (κ3) is 8.56. The molecular formula is C29H40BrN3O4S. The monoisotopic (exact) mass is 605 g/mol. The van der Waals surface area contributed by atoms with Crippen molar-refractivity contribution in [3.8, 4) is 0 Å². The molecule has 0 aromatic heterocycles. The zero-order chi connectivity index (χ0) is 27.9. The van der Waals surface area contributed by atoms with Gasteiger partial charge in [-0.3, -0.25) is 13.9 Å². The van der Waals surface area contributed by atoms with E-state index in [0.29, 0.717) is 18.7 Å². The van der Waals surface area contributed by atoms with Gasteiger partial charge in [0.05, 0.1) is 11.9 Å². The lowest BCUT2D eigenvalue weighted by Gasteiger charge is -2.31. The lowest BCUT2D eigenvalue weighted by Crippen LogP contribution is -2.50. The van der Waals surface area contributed by atoms with Crippen molar-refractivity contribution in [2.45, 2.75) is 84.3 Å². The summed E-state index contributed by atoms with van der Waals surface area (Å²) in [5.74, 6) is -0.317. The molecule has 208 valence electrons. The number of halogens is 1. The van der Waals surface area contributed by atoms with Gasteiger partial charge in [-0.1, -0.05) is 53.4 Å². The number of hydrogen-bond donors (Lipinski definition) is 1. The number of aryl methyl sites for hydroxylation is 2. The highest BCUT2D eigenvalue weighted by atomic mass is 79.9. The van der Waals surface area contributed by atoms with Gasteiger partial charge >= 0.3 is 0 Å². The maximum absolute atomic E-state index is 13.5. The van der Waals surface area contributed by atoms with Crippen molar-refractivity contribution in [3.05, 3.63) is 63.6 Å². The molecule has 1 atom stereocenters. The zero-order valence-corrected chi connectivity index (χ0v) is 25.3. The van der Waals surface area contributed by atoms with E-state index >= 15 is 0 Å². The van der Waals surface area contributed by atoms with Crippen LogP contribution in [-0.4, -0.2) is 50.0 Å². The molecule has 7 nitrogen and oxygen atoms in total. The van der Waals surface area contributed by atoms with Crippen LogP contribution in [0.4, 0.5) is 5.69 Å². The van der Waals surface area contributed by atoms with Crippen LogP contribution in [0.25, 0.3) is 0 Å². The van der Waals surface area contributed by atoms with Gasteiger partial charge in [0.25, 0.3) is 0 Å². The summed E-state index contributed by atoms with van der Waals surface area (Å²) >= 11 is 3.44. The lowest BCUT2D eigenvalue weighted by atomic mass is 9.95. The molecule has 1 fully saturated rings. The Morgan fingerprint density at radius 3 is 2.29 bits per heavy atom. The van der Waals surface area contributed by atoms with Crippen molar-refractivity contribution < 1.29 is 18.0 Å². The third-order valence-corrected chi connectivity index (χ3v) is 9.04. The van der Waals surface area contributed by atoms with E-state index in [0.717, 1.165) is 46.8 Å². The number of sulfonamides is 1. The highest BCUT2D eigenvalue weighted by Gasteiger charge is 2.28. The van der Waals surface area contributed by atoms with Gasteiger partial charge in [0, 0.05) is 30.0 Å². The number of hydrogen-bond acceptors (Lipinski definition) is 4. The van der Waals surface area contributed by atoms with Crippen LogP contribution in [0, 0.1) is 13.8 Å². The average molecular weight is 607 g/mol. The molecule has 0 heterocycles. The minimum absolute atomic E-state index is 0.133. The first kappa shape index (κ1) is 30.2. The highest BCUT2D eigenvalue weighted by molar-refractivity contribution is 9.10. The predicted molar refractivity (Wildman–Crippen MR) is 157 cm³/mol. The van der Waals surface area contributed by atoms with E-state index in [1.165, 1.54) is 17.0 Å². The number of anilines is 1. The molecule has 2 aromatic carbocycles. The van der Waals surface area contributed by atoms with Gasteiger partial charge in [-0.15, -0.1) is 0 Å². The molecule has 3 rings (SSSR count). The van der Waals surface area contributed by atoms with Crippen LogP contribution >= 0.6 is 15.9 Å². The average Bonchev–Trinajstić information content (AvgIpc) is 2.87. The Kier molecular flexibility index (Phi) is 10.8. The smallest absolute Gasteiger partial charge is 0.242 e. The molecular weight excluding hydrogens is 566 g/mol. The van der Waals surface area contributed by atoms with Gasteiger partial charge in [-0.25, -0.2) is 8.42 Å². The number of nitrogens with one attached hydrogen (secondary N) is 1. The molecule has 2 aromatic rings. The molecule has 0 unspecified atom stereocenters. The van der Waals surface area contributed by atoms with Crippen LogP contribution in [0.2, 0.25) is 0 Å². The molecule has 0 saturated heterocycles. The normalized spacial score (nSPS) is 15.1. The van der Waals surface area contributed by atoms with Crippen molar-refractivity contribution >= 4 is 43.5 Å². The van der Waals surface area contributed by atoms with Crippen molar-refractivity contribution in [2.24, 2.45) is 0 Å². The summed E-state index contributed by atoms with van der Waals surface area (Å²) in [6.07, 6.45) is 7.01. The van der Waals surface area contributed by atoms with Crippen LogP contribution in [0.5, 0.6) is 0 Å². The molecule has 0 bridgehead atoms. The summed E-state index contributed by atoms with van der Waals surface area (Å²) in [7, 11) is -3.52. The van der Waals surface area contributed by atoms with Crippen LogP contribution in [-0.2, 0) is 26.2 Å². The van der Waals surface area contributed by atoms with E-state index in [9.17, 15) is 18.0 Å². The van der Waals surface area contributed by atoms with Crippen molar-refractivity contribution in [2.75, 3.05) is 17.1 Å². The van der Waals surface area contributed by atoms with Crippen LogP contribution in [0.15, 0.2) is 46.9 Å². The second-order valence-electron chi connectivity index (χ2n) is 10.4. The number of amides is 2. The largest absolute Gasteiger partial charge is 0.352 e. The first-order valence-corrected chi connectivity index (χ1v) is 16.0. The van der Waals surface area contributed by atoms with Crippen molar-refractivity contribution in [1.82, 2.24) is 10.2 Å². The van der Waals surface area contributed by atoms with E-state index in [4.69, 9.17) is 0 Å². The Bertz CT molecular complexity index is 1210. The van der Waals surface area contributed by atoms with Crippen molar-refractivity contribution in [3.63, 3.8) is 0 Å². The van der Waals surface area contributed by atoms with E-state index in [-0.39, 0.29) is 30.8 Å². The summed E-state index contributed by atoms with van der Waals surface area (Å²) < 4.78 is 27.4. The number of rotatable bonds is 11. The number of nitrogens with zero attached hydrogens (tertiary/aromatic N) is 2. The molecule has 1 aliphatic carbocycles. The van der Waals surface area contributed by atoms with Gasteiger partial charge in [-0.2, -0.15) is 0 Å². The van der Waals surface area contributed by atoms with E-state index in [1.54, 1.807) is 17.9 Å². The Hall–Kier alpha value is -2.39. The maximum atomic E-state index is 13.5. The Balaban J connectivity index is 1.72. The standard InChI is InChI=1S/C29H40BrN3O4S/c1-21-12-17-27(19-22(21)2)33(38(4,36)37)18-8-11-28(34)32(20-24-13-15-25(30)16-14-24)23(3)29(35)31-26-9-6-5-7-10-26/h12-17,19,23,26H,5-11,18,20H2,1-4H3,(H,31,35)/t23-/m0/s1. The maximum Gasteiger partial charge on any atom is 0.242 e. The topological polar surface area (TPSA) is 86.8 Å². The second kappa shape index (κ2) is 13.6. The van der Waals surface area contributed by atoms with Gasteiger partial charge in [0.15, 0.2) is 0 Å². The number of carbonyl (C=O) groups excluding carboxylic acids is 2. The minimum atomic E-state index is -3.52. The van der Waals surface area contributed by atoms with E-state index in [2.05, 4.69) is 21.2 Å². The van der Waals surface area contributed by atoms with Crippen LogP contribution in [0.3, 0.4) is 0 Å². The summed E-state index contributed by atoms with van der Waals surface area (Å²) in [5, 5.41) is 3.15. The fraction of sp³-hybridized carbons (Fsp3) is 0.517. The zero-order valence-electron chi connectivity index (χ0n) is 22.9. The van der Waals surface area contributed by atoms with Gasteiger partial charge in [0.2, 0.25) is 21.8 Å². The lowest BCUT2D eigenvalue weighted by molar-refractivity contribution is -0.141. The molecule has 1 aliphatic rings.